The van der Waals surface area contributed by atoms with Gasteiger partial charge in [-0.15, -0.1) is 11.3 Å². The number of rotatable bonds is 11. The molecule has 0 aliphatic heterocycles. The third kappa shape index (κ3) is 6.41. The second kappa shape index (κ2) is 12.9. The van der Waals surface area contributed by atoms with Gasteiger partial charge < -0.3 is 14.6 Å². The fourth-order valence-electron chi connectivity index (χ4n) is 4.95. The monoisotopic (exact) mass is 607 g/mol. The number of ether oxygens (including phenoxy) is 2. The number of carbonyl (C=O) groups excluding carboxylic acids is 1. The van der Waals surface area contributed by atoms with Crippen LogP contribution in [0.5, 0.6) is 5.75 Å². The molecule has 8 nitrogen and oxygen atoms in total. The van der Waals surface area contributed by atoms with Gasteiger partial charge in [-0.25, -0.2) is 13.2 Å². The first-order chi connectivity index (χ1) is 20.0. The molecule has 0 aliphatic rings. The summed E-state index contributed by atoms with van der Waals surface area (Å²) >= 11 is 1.16. The van der Waals surface area contributed by atoms with E-state index in [1.165, 1.54) is 18.5 Å². The Hall–Kier alpha value is -3.99. The summed E-state index contributed by atoms with van der Waals surface area (Å²) in [7, 11) is -1.45. The maximum Gasteiger partial charge on any atom is 0.345 e. The van der Waals surface area contributed by atoms with Crippen LogP contribution in [-0.4, -0.2) is 50.0 Å². The Kier molecular flexibility index (Phi) is 9.50. The number of methoxy groups -OCH3 is 2. The van der Waals surface area contributed by atoms with Crippen molar-refractivity contribution in [2.45, 2.75) is 44.7 Å². The van der Waals surface area contributed by atoms with Crippen molar-refractivity contribution in [1.29, 1.82) is 0 Å². The van der Waals surface area contributed by atoms with Gasteiger partial charge in [0.25, 0.3) is 0 Å². The average Bonchev–Trinajstić information content (AvgIpc) is 3.48. The Morgan fingerprint density at radius 3 is 2.14 bits per heavy atom. The van der Waals surface area contributed by atoms with E-state index in [9.17, 15) is 23.1 Å². The lowest BCUT2D eigenvalue weighted by Gasteiger charge is -2.31. The fourth-order valence-corrected chi connectivity index (χ4v) is 7.85. The van der Waals surface area contributed by atoms with Gasteiger partial charge in [0.1, 0.15) is 16.7 Å². The molecule has 3 aromatic carbocycles. The lowest BCUT2D eigenvalue weighted by atomic mass is 10.0. The summed E-state index contributed by atoms with van der Waals surface area (Å²) in [5.41, 5.74) is 3.99. The van der Waals surface area contributed by atoms with E-state index >= 15 is 0 Å². The molecule has 1 unspecified atom stereocenters. The molecule has 0 spiro atoms. The number of esters is 1. The van der Waals surface area contributed by atoms with Crippen molar-refractivity contribution in [3.05, 3.63) is 105 Å². The van der Waals surface area contributed by atoms with Crippen molar-refractivity contribution >= 4 is 33.3 Å². The molecule has 4 rings (SSSR count). The van der Waals surface area contributed by atoms with Crippen molar-refractivity contribution in [2.75, 3.05) is 14.2 Å². The Morgan fingerprint density at radius 1 is 0.905 bits per heavy atom. The van der Waals surface area contributed by atoms with Crippen LogP contribution in [0, 0.1) is 20.8 Å². The van der Waals surface area contributed by atoms with Gasteiger partial charge in [0, 0.05) is 11.4 Å². The highest BCUT2D eigenvalue weighted by Crippen LogP contribution is 2.35. The predicted octanol–water partition coefficient (Wildman–Crippen LogP) is 6.02. The minimum atomic E-state index is -4.24. The minimum Gasteiger partial charge on any atom is -0.496 e. The Morgan fingerprint density at radius 2 is 1.57 bits per heavy atom. The second-order valence-electron chi connectivity index (χ2n) is 9.92. The molecule has 42 heavy (non-hydrogen) atoms. The number of carboxylic acid groups (broad SMARTS) is 1. The van der Waals surface area contributed by atoms with Crippen LogP contribution in [0.25, 0.3) is 10.4 Å². The van der Waals surface area contributed by atoms with Gasteiger partial charge in [-0.3, -0.25) is 4.79 Å². The third-order valence-electron chi connectivity index (χ3n) is 7.25. The third-order valence-corrected chi connectivity index (χ3v) is 10.5. The van der Waals surface area contributed by atoms with Gasteiger partial charge in [-0.2, -0.15) is 4.31 Å². The van der Waals surface area contributed by atoms with Gasteiger partial charge in [0.15, 0.2) is 0 Å². The Bertz CT molecular complexity index is 1690. The average molecular weight is 608 g/mol. The van der Waals surface area contributed by atoms with E-state index in [4.69, 9.17) is 9.47 Å². The summed E-state index contributed by atoms with van der Waals surface area (Å²) in [5.74, 6) is -1.07. The van der Waals surface area contributed by atoms with Crippen LogP contribution in [0.2, 0.25) is 0 Å². The number of thiophene rings is 1. The minimum absolute atomic E-state index is 0.0933. The summed E-state index contributed by atoms with van der Waals surface area (Å²) in [6.45, 7) is 5.16. The Balaban J connectivity index is 1.81. The van der Waals surface area contributed by atoms with Crippen molar-refractivity contribution in [3.63, 3.8) is 0 Å². The molecular weight excluding hydrogens is 574 g/mol. The number of carboxylic acids is 1. The van der Waals surface area contributed by atoms with E-state index in [1.807, 2.05) is 42.5 Å². The highest BCUT2D eigenvalue weighted by atomic mass is 32.2. The molecule has 0 aliphatic carbocycles. The van der Waals surface area contributed by atoms with Crippen molar-refractivity contribution in [1.82, 2.24) is 4.31 Å². The van der Waals surface area contributed by atoms with Gasteiger partial charge in [0.05, 0.1) is 19.1 Å². The molecule has 1 atom stereocenters. The van der Waals surface area contributed by atoms with Gasteiger partial charge in [-0.1, -0.05) is 54.6 Å². The molecule has 4 aromatic rings. The summed E-state index contributed by atoms with van der Waals surface area (Å²) in [6, 6.07) is 20.3. The molecule has 10 heteroatoms. The number of aromatic carboxylic acids is 1. The first-order valence-electron chi connectivity index (χ1n) is 13.2. The molecule has 220 valence electrons. The van der Waals surface area contributed by atoms with E-state index in [-0.39, 0.29) is 22.7 Å². The van der Waals surface area contributed by atoms with Crippen LogP contribution in [0.3, 0.4) is 0 Å². The highest BCUT2D eigenvalue weighted by Gasteiger charge is 2.39. The first kappa shape index (κ1) is 31.0. The fraction of sp³-hybridized carbons (Fsp3) is 0.250. The summed E-state index contributed by atoms with van der Waals surface area (Å²) in [6.07, 6.45) is 0.116. The second-order valence-corrected chi connectivity index (χ2v) is 12.8. The van der Waals surface area contributed by atoms with Crippen LogP contribution in [-0.2, 0) is 32.5 Å². The molecule has 0 radical (unpaired) electrons. The van der Waals surface area contributed by atoms with E-state index < -0.39 is 28.0 Å². The largest absolute Gasteiger partial charge is 0.496 e. The lowest BCUT2D eigenvalue weighted by molar-refractivity contribution is -0.145. The summed E-state index contributed by atoms with van der Waals surface area (Å²) in [4.78, 5) is 25.7. The van der Waals surface area contributed by atoms with Crippen LogP contribution in [0.4, 0.5) is 0 Å². The molecule has 1 heterocycles. The molecule has 0 saturated heterocycles. The zero-order valence-electron chi connectivity index (χ0n) is 24.1. The highest BCUT2D eigenvalue weighted by molar-refractivity contribution is 7.89. The molecular formula is C32H33NO7S2. The number of hydrogen-bond donors (Lipinski definition) is 1. The van der Waals surface area contributed by atoms with Gasteiger partial charge >= 0.3 is 11.9 Å². The predicted molar refractivity (Wildman–Crippen MR) is 163 cm³/mol. The SMILES string of the molecule is COC(=O)C(Cc1ccccc1)N(Cc1ccc(-c2ccc(C(=O)O)s2)cc1)S(=O)(=O)c1c(C)cc(OC)c(C)c1C. The van der Waals surface area contributed by atoms with E-state index in [0.717, 1.165) is 27.3 Å². The number of carbonyl (C=O) groups is 2. The maximum absolute atomic E-state index is 14.6. The number of nitrogens with zero attached hydrogens (tertiary/aromatic N) is 1. The smallest absolute Gasteiger partial charge is 0.345 e. The van der Waals surface area contributed by atoms with E-state index in [2.05, 4.69) is 0 Å². The van der Waals surface area contributed by atoms with Crippen LogP contribution in [0.1, 0.15) is 37.5 Å². The standard InChI is InChI=1S/C32H33NO7S2/c1-20-17-27(39-4)21(2)22(3)30(20)42(37,38)33(26(32(36)40-5)18-23-9-7-6-8-10-23)19-24-11-13-25(14-12-24)28-15-16-29(41-28)31(34)35/h6-17,26H,18-19H2,1-5H3,(H,34,35). The quantitative estimate of drug-likeness (QED) is 0.208. The lowest BCUT2D eigenvalue weighted by Crippen LogP contribution is -2.46. The van der Waals surface area contributed by atoms with Crippen molar-refractivity contribution in [2.24, 2.45) is 0 Å². The Labute approximate surface area is 250 Å². The zero-order chi connectivity index (χ0) is 30.6. The number of sulfonamides is 1. The molecule has 0 saturated carbocycles. The normalized spacial score (nSPS) is 12.2. The van der Waals surface area contributed by atoms with E-state index in [1.54, 1.807) is 51.1 Å². The van der Waals surface area contributed by atoms with Crippen LogP contribution < -0.4 is 4.74 Å². The number of aryl methyl sites for hydroxylation is 1. The number of hydrogen-bond acceptors (Lipinski definition) is 7. The summed E-state index contributed by atoms with van der Waals surface area (Å²) in [5, 5.41) is 9.27. The van der Waals surface area contributed by atoms with Crippen LogP contribution >= 0.6 is 11.3 Å². The maximum atomic E-state index is 14.6. The molecule has 0 amide bonds. The molecule has 0 bridgehead atoms. The number of benzene rings is 3. The summed E-state index contributed by atoms with van der Waals surface area (Å²) < 4.78 is 40.9. The molecule has 1 aromatic heterocycles. The van der Waals surface area contributed by atoms with Gasteiger partial charge in [-0.05, 0) is 78.8 Å². The van der Waals surface area contributed by atoms with Crippen LogP contribution in [0.15, 0.2) is 77.7 Å². The first-order valence-corrected chi connectivity index (χ1v) is 15.4. The van der Waals surface area contributed by atoms with Gasteiger partial charge in [0.2, 0.25) is 10.0 Å². The van der Waals surface area contributed by atoms with E-state index in [0.29, 0.717) is 28.0 Å². The topological polar surface area (TPSA) is 110 Å². The molecule has 1 N–H and O–H groups in total. The van der Waals surface area contributed by atoms with Crippen molar-refractivity contribution < 1.29 is 32.6 Å². The molecule has 0 fully saturated rings. The van der Waals surface area contributed by atoms with Crippen molar-refractivity contribution in [3.8, 4) is 16.2 Å². The zero-order valence-corrected chi connectivity index (χ0v) is 25.7.